The van der Waals surface area contributed by atoms with E-state index in [-0.39, 0.29) is 23.8 Å². The van der Waals surface area contributed by atoms with Crippen LogP contribution in [0.25, 0.3) is 0 Å². The highest BCUT2D eigenvalue weighted by Crippen LogP contribution is 2.49. The molecule has 2 atom stereocenters. The number of primary amides is 1. The first kappa shape index (κ1) is 17.1. The van der Waals surface area contributed by atoms with Gasteiger partial charge in [-0.3, -0.25) is 9.59 Å². The lowest BCUT2D eigenvalue weighted by Gasteiger charge is -2.23. The van der Waals surface area contributed by atoms with E-state index < -0.39 is 23.3 Å². The van der Waals surface area contributed by atoms with Crippen LogP contribution < -0.4 is 15.8 Å². The molecule has 0 spiro atoms. The van der Waals surface area contributed by atoms with Gasteiger partial charge in [0, 0.05) is 13.1 Å². The van der Waals surface area contributed by atoms with E-state index in [2.05, 4.69) is 5.32 Å². The molecule has 8 heteroatoms. The molecule has 0 unspecified atom stereocenters. The van der Waals surface area contributed by atoms with Crippen LogP contribution in [0.4, 0.5) is 10.5 Å². The first-order valence-corrected chi connectivity index (χ1v) is 8.15. The number of aliphatic carboxylic acids is 1. The molecular formula is C17H21N3O5. The molecule has 134 valence electrons. The zero-order valence-corrected chi connectivity index (χ0v) is 13.9. The lowest BCUT2D eigenvalue weighted by molar-refractivity contribution is -0.149. The second-order valence-electron chi connectivity index (χ2n) is 6.61. The second-order valence-corrected chi connectivity index (χ2v) is 6.61. The molecule has 2 fully saturated rings. The lowest BCUT2D eigenvalue weighted by Crippen LogP contribution is -2.38. The number of carbonyl (C=O) groups excluding carboxylic acids is 2. The Bertz CT molecular complexity index is 735. The number of nitrogens with two attached hydrogens (primary N) is 1. The highest BCUT2D eigenvalue weighted by atomic mass is 16.5. The molecule has 2 aliphatic rings. The van der Waals surface area contributed by atoms with Crippen molar-refractivity contribution in [1.82, 2.24) is 4.90 Å². The number of carboxylic acid groups (broad SMARTS) is 1. The van der Waals surface area contributed by atoms with Gasteiger partial charge in [-0.25, -0.2) is 4.79 Å². The highest BCUT2D eigenvalue weighted by Gasteiger charge is 2.55. The Labute approximate surface area is 144 Å². The van der Waals surface area contributed by atoms with Crippen molar-refractivity contribution in [2.75, 3.05) is 25.5 Å². The van der Waals surface area contributed by atoms with E-state index in [1.165, 1.54) is 18.1 Å². The summed E-state index contributed by atoms with van der Waals surface area (Å²) in [6.45, 7) is 0.604. The first-order chi connectivity index (χ1) is 11.9. The average molecular weight is 347 g/mol. The number of fused-ring (bicyclic) bond motifs is 1. The van der Waals surface area contributed by atoms with Crippen LogP contribution in [0.2, 0.25) is 0 Å². The van der Waals surface area contributed by atoms with Gasteiger partial charge in [-0.2, -0.15) is 0 Å². The molecule has 1 aliphatic carbocycles. The van der Waals surface area contributed by atoms with Gasteiger partial charge in [-0.05, 0) is 30.9 Å². The molecular weight excluding hydrogens is 326 g/mol. The minimum Gasteiger partial charge on any atom is -0.494 e. The predicted octanol–water partition coefficient (Wildman–Crippen LogP) is 1.51. The maximum atomic E-state index is 12.6. The minimum atomic E-state index is -0.837. The molecule has 1 saturated carbocycles. The number of carbonyl (C=O) groups is 3. The fraction of sp³-hybridized carbons (Fsp3) is 0.471. The zero-order valence-electron chi connectivity index (χ0n) is 13.9. The van der Waals surface area contributed by atoms with E-state index in [0.717, 1.165) is 12.8 Å². The van der Waals surface area contributed by atoms with Gasteiger partial charge < -0.3 is 25.8 Å². The summed E-state index contributed by atoms with van der Waals surface area (Å²) in [4.78, 5) is 37.3. The number of para-hydroxylation sites is 1. The number of ether oxygens (including phenoxy) is 1. The standard InChI is InChI=1S/C17H21N3O5/c1-25-13-11(14(18)21)5-2-6-12(13)19-16(24)20-8-10-4-3-7-17(10,9-20)15(22)23/h2,5-6,10H,3-4,7-9H2,1H3,(H2,18,21)(H,19,24)(H,22,23)/t10-,17+/m0/s1. The van der Waals surface area contributed by atoms with Gasteiger partial charge >= 0.3 is 12.0 Å². The number of anilines is 1. The van der Waals surface area contributed by atoms with Crippen molar-refractivity contribution >= 4 is 23.6 Å². The van der Waals surface area contributed by atoms with Crippen molar-refractivity contribution in [3.05, 3.63) is 23.8 Å². The minimum absolute atomic E-state index is 0.0189. The number of nitrogens with zero attached hydrogens (tertiary/aromatic N) is 1. The first-order valence-electron chi connectivity index (χ1n) is 8.15. The molecule has 4 N–H and O–H groups in total. The van der Waals surface area contributed by atoms with Crippen molar-refractivity contribution in [3.8, 4) is 5.75 Å². The van der Waals surface area contributed by atoms with E-state index in [9.17, 15) is 19.5 Å². The summed E-state index contributed by atoms with van der Waals surface area (Å²) < 4.78 is 5.21. The van der Waals surface area contributed by atoms with E-state index in [1.807, 2.05) is 0 Å². The number of methoxy groups -OCH3 is 1. The van der Waals surface area contributed by atoms with E-state index in [0.29, 0.717) is 18.7 Å². The fourth-order valence-corrected chi connectivity index (χ4v) is 4.04. The molecule has 0 radical (unpaired) electrons. The van der Waals surface area contributed by atoms with Gasteiger partial charge in [0.05, 0.1) is 23.8 Å². The topological polar surface area (TPSA) is 122 Å². The molecule has 8 nitrogen and oxygen atoms in total. The summed E-state index contributed by atoms with van der Waals surface area (Å²) in [5.41, 5.74) is 4.97. The lowest BCUT2D eigenvalue weighted by atomic mass is 9.81. The van der Waals surface area contributed by atoms with Crippen LogP contribution in [-0.2, 0) is 4.79 Å². The van der Waals surface area contributed by atoms with Crippen LogP contribution in [0.3, 0.4) is 0 Å². The predicted molar refractivity (Wildman–Crippen MR) is 89.5 cm³/mol. The van der Waals surface area contributed by atoms with Crippen LogP contribution >= 0.6 is 0 Å². The third kappa shape index (κ3) is 2.77. The SMILES string of the molecule is COc1c(NC(=O)N2C[C@@H]3CCC[C@@]3(C(=O)O)C2)cccc1C(N)=O. The Balaban J connectivity index is 1.79. The number of hydrogen-bond acceptors (Lipinski definition) is 4. The van der Waals surface area contributed by atoms with Crippen LogP contribution in [0.1, 0.15) is 29.6 Å². The third-order valence-corrected chi connectivity index (χ3v) is 5.31. The number of hydrogen-bond donors (Lipinski definition) is 3. The van der Waals surface area contributed by atoms with Gasteiger partial charge in [0.2, 0.25) is 0 Å². The molecule has 1 aliphatic heterocycles. The Morgan fingerprint density at radius 1 is 1.40 bits per heavy atom. The van der Waals surface area contributed by atoms with Crippen molar-refractivity contribution in [3.63, 3.8) is 0 Å². The summed E-state index contributed by atoms with van der Waals surface area (Å²) in [7, 11) is 1.39. The number of carboxylic acids is 1. The van der Waals surface area contributed by atoms with E-state index in [1.54, 1.807) is 12.1 Å². The number of rotatable bonds is 4. The molecule has 1 aromatic carbocycles. The van der Waals surface area contributed by atoms with Crippen LogP contribution in [-0.4, -0.2) is 48.1 Å². The molecule has 0 aromatic heterocycles. The monoisotopic (exact) mass is 347 g/mol. The maximum absolute atomic E-state index is 12.6. The van der Waals surface area contributed by atoms with Crippen LogP contribution in [0.15, 0.2) is 18.2 Å². The van der Waals surface area contributed by atoms with Crippen LogP contribution in [0, 0.1) is 11.3 Å². The Morgan fingerprint density at radius 2 is 2.16 bits per heavy atom. The fourth-order valence-electron chi connectivity index (χ4n) is 4.04. The number of benzene rings is 1. The summed E-state index contributed by atoms with van der Waals surface area (Å²) in [5.74, 6) is -1.32. The Hall–Kier alpha value is -2.77. The average Bonchev–Trinajstić information content (AvgIpc) is 3.12. The molecule has 0 bridgehead atoms. The molecule has 1 saturated heterocycles. The van der Waals surface area contributed by atoms with Crippen molar-refractivity contribution in [1.29, 1.82) is 0 Å². The Kier molecular flexibility index (Phi) is 4.28. The largest absolute Gasteiger partial charge is 0.494 e. The van der Waals surface area contributed by atoms with Crippen molar-refractivity contribution < 1.29 is 24.2 Å². The molecule has 1 aromatic rings. The summed E-state index contributed by atoms with van der Waals surface area (Å²) >= 11 is 0. The van der Waals surface area contributed by atoms with Gasteiger partial charge in [0.1, 0.15) is 0 Å². The van der Waals surface area contributed by atoms with Crippen molar-refractivity contribution in [2.24, 2.45) is 17.1 Å². The number of nitrogens with one attached hydrogen (secondary N) is 1. The maximum Gasteiger partial charge on any atom is 0.321 e. The molecule has 3 amide bonds. The summed E-state index contributed by atoms with van der Waals surface area (Å²) in [6, 6.07) is 4.30. The van der Waals surface area contributed by atoms with Gasteiger partial charge in [0.25, 0.3) is 5.91 Å². The highest BCUT2D eigenvalue weighted by molar-refractivity contribution is 6.00. The van der Waals surface area contributed by atoms with E-state index in [4.69, 9.17) is 10.5 Å². The second kappa shape index (κ2) is 6.27. The van der Waals surface area contributed by atoms with Gasteiger partial charge in [0.15, 0.2) is 5.75 Å². The normalized spacial score (nSPS) is 24.7. The van der Waals surface area contributed by atoms with E-state index >= 15 is 0 Å². The smallest absolute Gasteiger partial charge is 0.321 e. The molecule has 25 heavy (non-hydrogen) atoms. The molecule has 3 rings (SSSR count). The van der Waals surface area contributed by atoms with Gasteiger partial charge in [-0.1, -0.05) is 12.5 Å². The summed E-state index contributed by atoms with van der Waals surface area (Å²) in [6.07, 6.45) is 2.29. The Morgan fingerprint density at radius 3 is 2.76 bits per heavy atom. The third-order valence-electron chi connectivity index (χ3n) is 5.31. The zero-order chi connectivity index (χ0) is 18.2. The van der Waals surface area contributed by atoms with Crippen LogP contribution in [0.5, 0.6) is 5.75 Å². The quantitative estimate of drug-likeness (QED) is 0.762. The summed E-state index contributed by atoms with van der Waals surface area (Å²) in [5, 5.41) is 12.3. The van der Waals surface area contributed by atoms with Gasteiger partial charge in [-0.15, -0.1) is 0 Å². The molecule has 1 heterocycles. The number of likely N-dealkylation sites (tertiary alicyclic amines) is 1. The van der Waals surface area contributed by atoms with Crippen molar-refractivity contribution in [2.45, 2.75) is 19.3 Å². The number of amides is 3. The number of urea groups is 1.